The number of halogens is 4. The predicted octanol–water partition coefficient (Wildman–Crippen LogP) is 5.79. The number of hydrogen-bond donors (Lipinski definition) is 0. The molecule has 128 valence electrons. The molecule has 0 fully saturated rings. The van der Waals surface area contributed by atoms with E-state index in [1.165, 1.54) is 6.08 Å². The van der Waals surface area contributed by atoms with Gasteiger partial charge in [0.1, 0.15) is 39.2 Å². The van der Waals surface area contributed by atoms with E-state index in [-0.39, 0.29) is 21.1 Å². The number of ether oxygens (including phenoxy) is 2. The zero-order valence-corrected chi connectivity index (χ0v) is 16.0. The second-order valence-corrected chi connectivity index (χ2v) is 6.44. The Hall–Kier alpha value is -0.810. The summed E-state index contributed by atoms with van der Waals surface area (Å²) in [5.74, 6) is 0.908. The summed E-state index contributed by atoms with van der Waals surface area (Å²) in [5, 5.41) is 4.35. The van der Waals surface area contributed by atoms with Gasteiger partial charge in [-0.25, -0.2) is 0 Å². The Kier molecular flexibility index (Phi) is 8.92. The molecule has 4 nitrogen and oxygen atoms in total. The van der Waals surface area contributed by atoms with Gasteiger partial charge in [-0.2, -0.15) is 0 Å². The summed E-state index contributed by atoms with van der Waals surface area (Å²) < 4.78 is 11.2. The highest BCUT2D eigenvalue weighted by atomic mass is 35.5. The van der Waals surface area contributed by atoms with Crippen molar-refractivity contribution in [3.63, 3.8) is 0 Å². The molecule has 0 amide bonds. The zero-order valence-electron chi connectivity index (χ0n) is 13.0. The number of hydrogen-bond acceptors (Lipinski definition) is 4. The topological polar surface area (TPSA) is 40.0 Å². The first-order valence-electron chi connectivity index (χ1n) is 6.71. The molecule has 0 aliphatic rings. The lowest BCUT2D eigenvalue weighted by Crippen LogP contribution is -2.06. The molecule has 0 saturated heterocycles. The average molecular weight is 401 g/mol. The Morgan fingerprint density at radius 1 is 1.13 bits per heavy atom. The minimum atomic E-state index is 0.119. The van der Waals surface area contributed by atoms with Crippen molar-refractivity contribution < 1.29 is 14.3 Å². The van der Waals surface area contributed by atoms with Crippen molar-refractivity contribution in [2.45, 2.75) is 20.8 Å². The van der Waals surface area contributed by atoms with Gasteiger partial charge in [0, 0.05) is 0 Å². The molecule has 1 aromatic carbocycles. The first-order chi connectivity index (χ1) is 10.8. The SMILES string of the molecule is CC(C)=NOCCOc1c(C)cc(OCC=C(Cl)Cl)c(Cl)c1Cl. The predicted molar refractivity (Wildman–Crippen MR) is 96.7 cm³/mol. The minimum Gasteiger partial charge on any atom is -0.488 e. The Balaban J connectivity index is 2.73. The van der Waals surface area contributed by atoms with E-state index in [0.29, 0.717) is 24.7 Å². The minimum absolute atomic E-state index is 0.119. The standard InChI is InChI=1S/C15H17Cl4NO3/c1-9(2)20-23-7-6-22-15-10(3)8-11(13(18)14(15)19)21-5-4-12(16)17/h4,8H,5-7H2,1-3H3. The number of benzene rings is 1. The Morgan fingerprint density at radius 3 is 2.43 bits per heavy atom. The molecular formula is C15H17Cl4NO3. The largest absolute Gasteiger partial charge is 0.488 e. The summed E-state index contributed by atoms with van der Waals surface area (Å²) in [6.07, 6.45) is 1.50. The molecule has 0 aliphatic heterocycles. The highest BCUT2D eigenvalue weighted by molar-refractivity contribution is 6.55. The molecule has 0 radical (unpaired) electrons. The quantitative estimate of drug-likeness (QED) is 0.315. The van der Waals surface area contributed by atoms with E-state index in [0.717, 1.165) is 11.3 Å². The van der Waals surface area contributed by atoms with Crippen LogP contribution >= 0.6 is 46.4 Å². The molecule has 0 saturated carbocycles. The maximum atomic E-state index is 6.24. The summed E-state index contributed by atoms with van der Waals surface area (Å²) in [4.78, 5) is 5.06. The molecule has 0 bridgehead atoms. The van der Waals surface area contributed by atoms with E-state index < -0.39 is 0 Å². The molecule has 0 unspecified atom stereocenters. The van der Waals surface area contributed by atoms with Crippen LogP contribution in [-0.2, 0) is 4.84 Å². The lowest BCUT2D eigenvalue weighted by molar-refractivity contribution is 0.106. The smallest absolute Gasteiger partial charge is 0.151 e. The van der Waals surface area contributed by atoms with Crippen molar-refractivity contribution in [1.82, 2.24) is 0 Å². The molecule has 0 aliphatic carbocycles. The van der Waals surface area contributed by atoms with Gasteiger partial charge in [-0.1, -0.05) is 51.6 Å². The average Bonchev–Trinajstić information content (AvgIpc) is 2.46. The summed E-state index contributed by atoms with van der Waals surface area (Å²) in [6, 6.07) is 1.73. The van der Waals surface area contributed by atoms with E-state index in [9.17, 15) is 0 Å². The van der Waals surface area contributed by atoms with Crippen LogP contribution in [0.15, 0.2) is 21.8 Å². The molecule has 0 atom stereocenters. The first-order valence-corrected chi connectivity index (χ1v) is 8.22. The monoisotopic (exact) mass is 399 g/mol. The summed E-state index contributed by atoms with van der Waals surface area (Å²) >= 11 is 23.5. The summed E-state index contributed by atoms with van der Waals surface area (Å²) in [5.41, 5.74) is 1.61. The van der Waals surface area contributed by atoms with Crippen LogP contribution in [0, 0.1) is 6.92 Å². The van der Waals surface area contributed by atoms with E-state index in [1.54, 1.807) is 6.07 Å². The third kappa shape index (κ3) is 7.08. The number of nitrogens with zero attached hydrogens (tertiary/aromatic N) is 1. The molecular weight excluding hydrogens is 384 g/mol. The fraction of sp³-hybridized carbons (Fsp3) is 0.400. The number of rotatable bonds is 8. The first kappa shape index (κ1) is 20.2. The second kappa shape index (κ2) is 10.1. The van der Waals surface area contributed by atoms with Gasteiger partial charge in [-0.05, 0) is 38.5 Å². The molecule has 23 heavy (non-hydrogen) atoms. The van der Waals surface area contributed by atoms with Gasteiger partial charge >= 0.3 is 0 Å². The van der Waals surface area contributed by atoms with Crippen LogP contribution in [0.5, 0.6) is 11.5 Å². The van der Waals surface area contributed by atoms with Crippen molar-refractivity contribution in [3.8, 4) is 11.5 Å². The van der Waals surface area contributed by atoms with Gasteiger partial charge in [-0.3, -0.25) is 0 Å². The fourth-order valence-electron chi connectivity index (χ4n) is 1.54. The Morgan fingerprint density at radius 2 is 1.83 bits per heavy atom. The molecule has 1 aromatic rings. The zero-order chi connectivity index (χ0) is 17.4. The van der Waals surface area contributed by atoms with Crippen LogP contribution in [0.2, 0.25) is 10.0 Å². The van der Waals surface area contributed by atoms with Crippen LogP contribution in [0.1, 0.15) is 19.4 Å². The third-order valence-electron chi connectivity index (χ3n) is 2.46. The normalized spacial score (nSPS) is 10.0. The lowest BCUT2D eigenvalue weighted by atomic mass is 10.2. The number of oxime groups is 1. The second-order valence-electron chi connectivity index (χ2n) is 4.67. The molecule has 0 aromatic heterocycles. The fourth-order valence-corrected chi connectivity index (χ4v) is 2.16. The molecule has 0 spiro atoms. The van der Waals surface area contributed by atoms with Gasteiger partial charge in [0.15, 0.2) is 6.61 Å². The Bertz CT molecular complexity index is 595. The van der Waals surface area contributed by atoms with Gasteiger partial charge in [-0.15, -0.1) is 0 Å². The van der Waals surface area contributed by atoms with Crippen molar-refractivity contribution in [2.75, 3.05) is 19.8 Å². The van der Waals surface area contributed by atoms with Gasteiger partial charge < -0.3 is 14.3 Å². The van der Waals surface area contributed by atoms with Crippen LogP contribution in [0.25, 0.3) is 0 Å². The van der Waals surface area contributed by atoms with Crippen molar-refractivity contribution in [3.05, 3.63) is 32.2 Å². The summed E-state index contributed by atoms with van der Waals surface area (Å²) in [7, 11) is 0. The molecule has 0 heterocycles. The van der Waals surface area contributed by atoms with Crippen LogP contribution in [0.4, 0.5) is 0 Å². The van der Waals surface area contributed by atoms with E-state index in [2.05, 4.69) is 5.16 Å². The van der Waals surface area contributed by atoms with Crippen LogP contribution in [-0.4, -0.2) is 25.5 Å². The molecule has 1 rings (SSSR count). The summed E-state index contributed by atoms with van der Waals surface area (Å²) in [6.45, 7) is 6.29. The van der Waals surface area contributed by atoms with Gasteiger partial charge in [0.25, 0.3) is 0 Å². The highest BCUT2D eigenvalue weighted by Gasteiger charge is 2.15. The lowest BCUT2D eigenvalue weighted by Gasteiger charge is -2.15. The van der Waals surface area contributed by atoms with Crippen molar-refractivity contribution >= 4 is 52.1 Å². The maximum Gasteiger partial charge on any atom is 0.151 e. The third-order valence-corrected chi connectivity index (χ3v) is 3.60. The maximum absolute atomic E-state index is 6.24. The van der Waals surface area contributed by atoms with Crippen molar-refractivity contribution in [2.24, 2.45) is 5.16 Å². The number of aryl methyl sites for hydroxylation is 1. The Labute approximate surface area is 155 Å². The van der Waals surface area contributed by atoms with E-state index in [4.69, 9.17) is 60.7 Å². The van der Waals surface area contributed by atoms with E-state index in [1.807, 2.05) is 20.8 Å². The highest BCUT2D eigenvalue weighted by Crippen LogP contribution is 2.41. The molecule has 8 heteroatoms. The van der Waals surface area contributed by atoms with E-state index >= 15 is 0 Å². The van der Waals surface area contributed by atoms with Crippen LogP contribution in [0.3, 0.4) is 0 Å². The van der Waals surface area contributed by atoms with Crippen LogP contribution < -0.4 is 9.47 Å². The molecule has 0 N–H and O–H groups in total. The van der Waals surface area contributed by atoms with Gasteiger partial charge in [0.05, 0.1) is 5.71 Å². The van der Waals surface area contributed by atoms with Crippen molar-refractivity contribution in [1.29, 1.82) is 0 Å². The van der Waals surface area contributed by atoms with Gasteiger partial charge in [0.2, 0.25) is 0 Å².